The molecule has 1 aromatic heterocycles. The lowest BCUT2D eigenvalue weighted by Crippen LogP contribution is -2.49. The normalized spacial score (nSPS) is 13.8. The Morgan fingerprint density at radius 3 is 2.06 bits per heavy atom. The summed E-state index contributed by atoms with van der Waals surface area (Å²) in [5.41, 5.74) is 2.31. The van der Waals surface area contributed by atoms with E-state index < -0.39 is 0 Å². The van der Waals surface area contributed by atoms with Gasteiger partial charge >= 0.3 is 0 Å². The first-order valence-corrected chi connectivity index (χ1v) is 10.3. The highest BCUT2D eigenvalue weighted by molar-refractivity contribution is 6.30. The van der Waals surface area contributed by atoms with Gasteiger partial charge in [-0.15, -0.1) is 10.2 Å². The number of hydrogen-bond acceptors (Lipinski definition) is 6. The van der Waals surface area contributed by atoms with Gasteiger partial charge in [-0.05, 0) is 36.4 Å². The van der Waals surface area contributed by atoms with E-state index in [1.54, 1.807) is 32.4 Å². The van der Waals surface area contributed by atoms with Crippen LogP contribution in [0.5, 0.6) is 11.5 Å². The smallest absolute Gasteiger partial charge is 0.254 e. The monoisotopic (exact) mass is 438 g/mol. The summed E-state index contributed by atoms with van der Waals surface area (Å²) in [4.78, 5) is 16.9. The van der Waals surface area contributed by atoms with Gasteiger partial charge in [-0.2, -0.15) is 0 Å². The van der Waals surface area contributed by atoms with Crippen molar-refractivity contribution in [2.24, 2.45) is 0 Å². The number of ether oxygens (including phenoxy) is 2. The van der Waals surface area contributed by atoms with Crippen molar-refractivity contribution in [2.45, 2.75) is 0 Å². The number of methoxy groups -OCH3 is 2. The second-order valence-electron chi connectivity index (χ2n) is 7.16. The molecule has 31 heavy (non-hydrogen) atoms. The number of benzene rings is 2. The molecule has 4 rings (SSSR count). The Kier molecular flexibility index (Phi) is 6.23. The number of hydrogen-bond donors (Lipinski definition) is 0. The lowest BCUT2D eigenvalue weighted by Gasteiger charge is -2.35. The molecule has 0 radical (unpaired) electrons. The predicted octanol–water partition coefficient (Wildman–Crippen LogP) is 3.78. The Labute approximate surface area is 186 Å². The number of halogens is 1. The van der Waals surface area contributed by atoms with E-state index in [0.717, 1.165) is 17.1 Å². The van der Waals surface area contributed by atoms with E-state index >= 15 is 0 Å². The molecule has 2 aromatic carbocycles. The molecule has 0 bridgehead atoms. The van der Waals surface area contributed by atoms with Crippen molar-refractivity contribution < 1.29 is 14.3 Å². The van der Waals surface area contributed by atoms with E-state index in [-0.39, 0.29) is 5.91 Å². The number of rotatable bonds is 5. The first kappa shape index (κ1) is 20.9. The van der Waals surface area contributed by atoms with Gasteiger partial charge in [-0.3, -0.25) is 4.79 Å². The van der Waals surface area contributed by atoms with Crippen LogP contribution in [0.25, 0.3) is 11.3 Å². The highest BCUT2D eigenvalue weighted by Gasteiger charge is 2.24. The number of aromatic nitrogens is 2. The summed E-state index contributed by atoms with van der Waals surface area (Å²) in [5.74, 6) is 1.95. The fourth-order valence-electron chi connectivity index (χ4n) is 3.52. The first-order chi connectivity index (χ1) is 15.1. The zero-order valence-electron chi connectivity index (χ0n) is 17.4. The largest absolute Gasteiger partial charge is 0.497 e. The average Bonchev–Trinajstić information content (AvgIpc) is 2.84. The predicted molar refractivity (Wildman–Crippen MR) is 120 cm³/mol. The van der Waals surface area contributed by atoms with Gasteiger partial charge in [-0.1, -0.05) is 23.7 Å². The maximum Gasteiger partial charge on any atom is 0.254 e. The van der Waals surface area contributed by atoms with Crippen LogP contribution in [-0.2, 0) is 0 Å². The van der Waals surface area contributed by atoms with Crippen LogP contribution in [0.4, 0.5) is 5.82 Å². The van der Waals surface area contributed by atoms with E-state index in [4.69, 9.17) is 21.1 Å². The molecular weight excluding hydrogens is 416 g/mol. The molecule has 0 unspecified atom stereocenters. The molecule has 8 heteroatoms. The van der Waals surface area contributed by atoms with Crippen LogP contribution in [-0.4, -0.2) is 61.4 Å². The van der Waals surface area contributed by atoms with Crippen molar-refractivity contribution >= 4 is 23.3 Å². The van der Waals surface area contributed by atoms with Crippen LogP contribution in [0.3, 0.4) is 0 Å². The molecule has 1 fully saturated rings. The van der Waals surface area contributed by atoms with E-state index in [1.165, 1.54) is 0 Å². The number of amides is 1. The average molecular weight is 439 g/mol. The Morgan fingerprint density at radius 1 is 0.871 bits per heavy atom. The third-order valence-electron chi connectivity index (χ3n) is 5.28. The van der Waals surface area contributed by atoms with Gasteiger partial charge < -0.3 is 19.3 Å². The van der Waals surface area contributed by atoms with Crippen LogP contribution in [0.1, 0.15) is 10.4 Å². The number of nitrogens with zero attached hydrogens (tertiary/aromatic N) is 4. The van der Waals surface area contributed by atoms with Crippen LogP contribution in [0.2, 0.25) is 5.02 Å². The molecule has 3 aromatic rings. The van der Waals surface area contributed by atoms with E-state index in [9.17, 15) is 4.79 Å². The molecule has 1 saturated heterocycles. The van der Waals surface area contributed by atoms with Crippen molar-refractivity contribution in [1.82, 2.24) is 15.1 Å². The molecule has 0 spiro atoms. The SMILES string of the molecule is COc1cc(OC)cc(C(=O)N2CCN(c3ccc(-c4ccc(Cl)cc4)nn3)CC2)c1. The lowest BCUT2D eigenvalue weighted by molar-refractivity contribution is 0.0745. The topological polar surface area (TPSA) is 67.8 Å². The molecule has 2 heterocycles. The highest BCUT2D eigenvalue weighted by atomic mass is 35.5. The summed E-state index contributed by atoms with van der Waals surface area (Å²) in [7, 11) is 3.14. The number of anilines is 1. The van der Waals surface area contributed by atoms with Gasteiger partial charge in [0.05, 0.1) is 19.9 Å². The molecule has 0 N–H and O–H groups in total. The van der Waals surface area contributed by atoms with Crippen LogP contribution in [0.15, 0.2) is 54.6 Å². The lowest BCUT2D eigenvalue weighted by atomic mass is 10.1. The van der Waals surface area contributed by atoms with Gasteiger partial charge in [0.2, 0.25) is 0 Å². The summed E-state index contributed by atoms with van der Waals surface area (Å²) in [6.45, 7) is 2.56. The molecule has 1 aliphatic heterocycles. The number of carbonyl (C=O) groups excluding carboxylic acids is 1. The van der Waals surface area contributed by atoms with Gasteiger partial charge in [0, 0.05) is 48.4 Å². The summed E-state index contributed by atoms with van der Waals surface area (Å²) in [5, 5.41) is 9.42. The van der Waals surface area contributed by atoms with Crippen molar-refractivity contribution in [2.75, 3.05) is 45.3 Å². The quantitative estimate of drug-likeness (QED) is 0.604. The standard InChI is InChI=1S/C23H23ClN4O3/c1-30-19-13-17(14-20(15-19)31-2)23(29)28-11-9-27(10-12-28)22-8-7-21(25-26-22)16-3-5-18(24)6-4-16/h3-8,13-15H,9-12H2,1-2H3. The summed E-state index contributed by atoms with van der Waals surface area (Å²) < 4.78 is 10.6. The van der Waals surface area contributed by atoms with Gasteiger partial charge in [0.15, 0.2) is 5.82 Å². The van der Waals surface area contributed by atoms with Gasteiger partial charge in [0.1, 0.15) is 11.5 Å². The van der Waals surface area contributed by atoms with E-state index in [0.29, 0.717) is 48.3 Å². The van der Waals surface area contributed by atoms with Gasteiger partial charge in [-0.25, -0.2) is 0 Å². The first-order valence-electron chi connectivity index (χ1n) is 9.94. The van der Waals surface area contributed by atoms with Crippen LogP contribution in [0, 0.1) is 0 Å². The minimum absolute atomic E-state index is 0.0407. The molecular formula is C23H23ClN4O3. The number of piperazine rings is 1. The third-order valence-corrected chi connectivity index (χ3v) is 5.53. The molecule has 160 valence electrons. The molecule has 1 aliphatic rings. The van der Waals surface area contributed by atoms with Crippen LogP contribution < -0.4 is 14.4 Å². The van der Waals surface area contributed by atoms with Crippen molar-refractivity contribution in [3.63, 3.8) is 0 Å². The molecule has 7 nitrogen and oxygen atoms in total. The minimum atomic E-state index is -0.0407. The Balaban J connectivity index is 1.40. The van der Waals surface area contributed by atoms with Crippen molar-refractivity contribution in [3.05, 3.63) is 65.2 Å². The highest BCUT2D eigenvalue weighted by Crippen LogP contribution is 2.25. The molecule has 0 saturated carbocycles. The zero-order chi connectivity index (χ0) is 21.8. The van der Waals surface area contributed by atoms with Crippen LogP contribution >= 0.6 is 11.6 Å². The maximum atomic E-state index is 13.0. The fourth-order valence-corrected chi connectivity index (χ4v) is 3.65. The minimum Gasteiger partial charge on any atom is -0.497 e. The summed E-state index contributed by atoms with van der Waals surface area (Å²) >= 11 is 5.95. The summed E-state index contributed by atoms with van der Waals surface area (Å²) in [6, 6.07) is 16.6. The van der Waals surface area contributed by atoms with Crippen molar-refractivity contribution in [3.8, 4) is 22.8 Å². The number of carbonyl (C=O) groups is 1. The third kappa shape index (κ3) is 4.72. The Bertz CT molecular complexity index is 1030. The second kappa shape index (κ2) is 9.22. The Morgan fingerprint density at radius 2 is 1.52 bits per heavy atom. The zero-order valence-corrected chi connectivity index (χ0v) is 18.2. The molecule has 0 aliphatic carbocycles. The second-order valence-corrected chi connectivity index (χ2v) is 7.60. The maximum absolute atomic E-state index is 13.0. The summed E-state index contributed by atoms with van der Waals surface area (Å²) in [6.07, 6.45) is 0. The Hall–Kier alpha value is -3.32. The van der Waals surface area contributed by atoms with Crippen molar-refractivity contribution in [1.29, 1.82) is 0 Å². The van der Waals surface area contributed by atoms with Gasteiger partial charge in [0.25, 0.3) is 5.91 Å². The fraction of sp³-hybridized carbons (Fsp3) is 0.261. The van der Waals surface area contributed by atoms with E-state index in [1.807, 2.05) is 41.3 Å². The van der Waals surface area contributed by atoms with E-state index in [2.05, 4.69) is 15.1 Å². The molecule has 1 amide bonds. The molecule has 0 atom stereocenters.